The molecule has 0 saturated carbocycles. The number of hydrogen-bond acceptors (Lipinski definition) is 2. The Morgan fingerprint density at radius 2 is 1.01 bits per heavy atom. The van der Waals surface area contributed by atoms with Gasteiger partial charge >= 0.3 is 0 Å². The summed E-state index contributed by atoms with van der Waals surface area (Å²) in [5.74, 6) is 1.08. The van der Waals surface area contributed by atoms with E-state index in [1.807, 2.05) is 0 Å². The second-order valence-electron chi connectivity index (χ2n) is 18.1. The van der Waals surface area contributed by atoms with Crippen LogP contribution in [0.25, 0.3) is 106 Å². The summed E-state index contributed by atoms with van der Waals surface area (Å²) in [6.45, 7) is 6.82. The third kappa shape index (κ3) is 7.06. The summed E-state index contributed by atoms with van der Waals surface area (Å²) in [5, 5.41) is 2.50. The van der Waals surface area contributed by atoms with Crippen molar-refractivity contribution in [2.45, 2.75) is 39.5 Å². The standard InChI is InChI=1S/C64H49N3/c1-4-41(2)53-35-33-47(44-19-10-6-11-20-44)40-58(53)63-42(3)62(46-29-27-45(28-30-46)43-17-8-5-9-18-43)65-64(66-63)55-25-16-21-51-37-50-32-31-48(38-56(50)61(51)55)49-34-36-60-57(39-49)54-24-14-15-26-59(54)67(60)52-22-12-7-13-23-52/h5-36,38-41H,4,37H2,1-3H3. The SMILES string of the molecule is CCC(C)c1ccc(-c2ccccc2)cc1-c1nc(-c2cccc3c2-c2cc(-c4ccc5c(c4)c4ccccc4n5-c4ccccc4)ccc2C3)nc(-c2ccc(-c3ccccc3)cc2)c1C. The zero-order valence-electron chi connectivity index (χ0n) is 38.0. The van der Waals surface area contributed by atoms with Gasteiger partial charge in [0.05, 0.1) is 22.4 Å². The van der Waals surface area contributed by atoms with Crippen molar-refractivity contribution in [2.24, 2.45) is 0 Å². The van der Waals surface area contributed by atoms with Crippen LogP contribution in [0.1, 0.15) is 48.4 Å². The van der Waals surface area contributed by atoms with Crippen LogP contribution in [-0.4, -0.2) is 14.5 Å². The van der Waals surface area contributed by atoms with Crippen LogP contribution in [0.5, 0.6) is 0 Å². The van der Waals surface area contributed by atoms with Crippen molar-refractivity contribution < 1.29 is 0 Å². The van der Waals surface area contributed by atoms with Crippen molar-refractivity contribution in [3.63, 3.8) is 0 Å². The molecule has 3 heteroatoms. The van der Waals surface area contributed by atoms with Crippen LogP contribution < -0.4 is 0 Å². The fourth-order valence-corrected chi connectivity index (χ4v) is 10.5. The minimum absolute atomic E-state index is 0.339. The first-order chi connectivity index (χ1) is 33.0. The highest BCUT2D eigenvalue weighted by atomic mass is 15.0. The van der Waals surface area contributed by atoms with Gasteiger partial charge in [-0.1, -0.05) is 184 Å². The van der Waals surface area contributed by atoms with Gasteiger partial charge < -0.3 is 4.57 Å². The molecule has 0 radical (unpaired) electrons. The third-order valence-corrected chi connectivity index (χ3v) is 14.1. The molecule has 0 amide bonds. The molecule has 3 nitrogen and oxygen atoms in total. The van der Waals surface area contributed by atoms with Crippen LogP contribution in [0, 0.1) is 6.92 Å². The number of fused-ring (bicyclic) bond motifs is 6. The Labute approximate surface area is 392 Å². The summed E-state index contributed by atoms with van der Waals surface area (Å²) in [5.41, 5.74) is 23.4. The fourth-order valence-electron chi connectivity index (χ4n) is 10.5. The van der Waals surface area contributed by atoms with Crippen LogP contribution in [0.15, 0.2) is 212 Å². The van der Waals surface area contributed by atoms with Crippen molar-refractivity contribution in [1.29, 1.82) is 0 Å². The molecule has 0 fully saturated rings. The van der Waals surface area contributed by atoms with Crippen LogP contribution in [-0.2, 0) is 6.42 Å². The van der Waals surface area contributed by atoms with Gasteiger partial charge in [0.2, 0.25) is 0 Å². The monoisotopic (exact) mass is 859 g/mol. The Morgan fingerprint density at radius 3 is 1.78 bits per heavy atom. The summed E-state index contributed by atoms with van der Waals surface area (Å²) in [4.78, 5) is 11.3. The smallest absolute Gasteiger partial charge is 0.161 e. The lowest BCUT2D eigenvalue weighted by atomic mass is 9.87. The normalized spacial score (nSPS) is 12.3. The Hall–Kier alpha value is -8.14. The molecule has 2 aromatic heterocycles. The van der Waals surface area contributed by atoms with Crippen LogP contribution in [0.3, 0.4) is 0 Å². The van der Waals surface area contributed by atoms with Crippen molar-refractivity contribution in [3.8, 4) is 84.1 Å². The predicted molar refractivity (Wildman–Crippen MR) is 281 cm³/mol. The number of nitrogens with zero attached hydrogens (tertiary/aromatic N) is 3. The Balaban J connectivity index is 1.03. The number of benzene rings is 9. The van der Waals surface area contributed by atoms with Gasteiger partial charge in [0.1, 0.15) is 0 Å². The molecular weight excluding hydrogens is 811 g/mol. The molecule has 0 saturated heterocycles. The molecule has 67 heavy (non-hydrogen) atoms. The van der Waals surface area contributed by atoms with E-state index in [1.54, 1.807) is 0 Å². The number of rotatable bonds is 9. The Morgan fingerprint density at radius 1 is 0.448 bits per heavy atom. The minimum Gasteiger partial charge on any atom is -0.309 e. The Bertz CT molecular complexity index is 3640. The molecule has 11 aromatic rings. The minimum atomic E-state index is 0.339. The van der Waals surface area contributed by atoms with Crippen molar-refractivity contribution in [3.05, 3.63) is 235 Å². The molecule has 12 rings (SSSR count). The third-order valence-electron chi connectivity index (χ3n) is 14.1. The van der Waals surface area contributed by atoms with Crippen molar-refractivity contribution in [2.75, 3.05) is 0 Å². The van der Waals surface area contributed by atoms with Gasteiger partial charge in [0, 0.05) is 38.7 Å². The molecule has 0 bridgehead atoms. The van der Waals surface area contributed by atoms with Gasteiger partial charge in [-0.3, -0.25) is 0 Å². The van der Waals surface area contributed by atoms with Crippen molar-refractivity contribution in [1.82, 2.24) is 14.5 Å². The first-order valence-corrected chi connectivity index (χ1v) is 23.6. The van der Waals surface area contributed by atoms with Gasteiger partial charge in [-0.05, 0) is 129 Å². The molecule has 0 aliphatic heterocycles. The number of para-hydroxylation sites is 2. The molecule has 1 aliphatic rings. The van der Waals surface area contributed by atoms with E-state index < -0.39 is 0 Å². The van der Waals surface area contributed by atoms with Crippen LogP contribution >= 0.6 is 0 Å². The average Bonchev–Trinajstić information content (AvgIpc) is 3.94. The molecule has 2 heterocycles. The lowest BCUT2D eigenvalue weighted by Gasteiger charge is -2.20. The van der Waals surface area contributed by atoms with Crippen LogP contribution in [0.2, 0.25) is 0 Å². The highest BCUT2D eigenvalue weighted by Crippen LogP contribution is 2.46. The summed E-state index contributed by atoms with van der Waals surface area (Å²) in [6, 6.07) is 77.3. The topological polar surface area (TPSA) is 30.7 Å². The zero-order valence-corrected chi connectivity index (χ0v) is 38.0. The fraction of sp³-hybridized carbons (Fsp3) is 0.0938. The second kappa shape index (κ2) is 16.7. The lowest BCUT2D eigenvalue weighted by Crippen LogP contribution is -2.04. The van der Waals surface area contributed by atoms with Gasteiger partial charge in [0.25, 0.3) is 0 Å². The average molecular weight is 860 g/mol. The molecule has 0 spiro atoms. The van der Waals surface area contributed by atoms with E-state index in [0.717, 1.165) is 52.4 Å². The molecule has 1 aliphatic carbocycles. The lowest BCUT2D eigenvalue weighted by molar-refractivity contribution is 0.735. The van der Waals surface area contributed by atoms with Gasteiger partial charge in [-0.2, -0.15) is 0 Å². The predicted octanol–water partition coefficient (Wildman–Crippen LogP) is 17.0. The summed E-state index contributed by atoms with van der Waals surface area (Å²) in [7, 11) is 0. The molecule has 1 unspecified atom stereocenters. The van der Waals surface area contributed by atoms with E-state index >= 15 is 0 Å². The maximum atomic E-state index is 5.68. The quantitative estimate of drug-likeness (QED) is 0.145. The first kappa shape index (κ1) is 40.4. The van der Waals surface area contributed by atoms with E-state index in [9.17, 15) is 0 Å². The van der Waals surface area contributed by atoms with E-state index in [4.69, 9.17) is 9.97 Å². The molecular formula is C64H49N3. The number of hydrogen-bond donors (Lipinski definition) is 0. The summed E-state index contributed by atoms with van der Waals surface area (Å²) >= 11 is 0. The molecule has 320 valence electrons. The van der Waals surface area contributed by atoms with E-state index in [-0.39, 0.29) is 0 Å². The van der Waals surface area contributed by atoms with Gasteiger partial charge in [-0.15, -0.1) is 0 Å². The van der Waals surface area contributed by atoms with E-state index in [0.29, 0.717) is 5.92 Å². The zero-order chi connectivity index (χ0) is 45.0. The largest absolute Gasteiger partial charge is 0.309 e. The summed E-state index contributed by atoms with van der Waals surface area (Å²) in [6.07, 6.45) is 1.89. The van der Waals surface area contributed by atoms with Crippen molar-refractivity contribution >= 4 is 21.8 Å². The first-order valence-electron chi connectivity index (χ1n) is 23.6. The highest BCUT2D eigenvalue weighted by molar-refractivity contribution is 6.10. The van der Waals surface area contributed by atoms with E-state index in [1.165, 1.54) is 88.6 Å². The summed E-state index contributed by atoms with van der Waals surface area (Å²) < 4.78 is 2.38. The second-order valence-corrected chi connectivity index (χ2v) is 18.1. The highest BCUT2D eigenvalue weighted by Gasteiger charge is 2.27. The molecule has 1 atom stereocenters. The van der Waals surface area contributed by atoms with Crippen LogP contribution in [0.4, 0.5) is 0 Å². The van der Waals surface area contributed by atoms with Gasteiger partial charge in [-0.25, -0.2) is 9.97 Å². The Kier molecular flexibility index (Phi) is 10.1. The maximum Gasteiger partial charge on any atom is 0.161 e. The number of aromatic nitrogens is 3. The van der Waals surface area contributed by atoms with E-state index in [2.05, 4.69) is 238 Å². The molecule has 0 N–H and O–H groups in total. The maximum absolute atomic E-state index is 5.68. The van der Waals surface area contributed by atoms with Gasteiger partial charge in [0.15, 0.2) is 5.82 Å². The molecule has 9 aromatic carbocycles.